The molecule has 0 radical (unpaired) electrons. The SMILES string of the molecule is O=C[C@@H]1CC[C@H](C=C(c2ccccc2)c2ccccc2)C1. The van der Waals surface area contributed by atoms with Crippen LogP contribution in [-0.4, -0.2) is 6.29 Å². The van der Waals surface area contributed by atoms with Gasteiger partial charge in [-0.15, -0.1) is 0 Å². The smallest absolute Gasteiger partial charge is 0.123 e. The Balaban J connectivity index is 1.95. The fourth-order valence-electron chi connectivity index (χ4n) is 3.16. The second-order valence-corrected chi connectivity index (χ2v) is 5.78. The summed E-state index contributed by atoms with van der Waals surface area (Å²) >= 11 is 0. The molecule has 0 saturated heterocycles. The van der Waals surface area contributed by atoms with Crippen LogP contribution in [0.3, 0.4) is 0 Å². The van der Waals surface area contributed by atoms with Gasteiger partial charge in [0.25, 0.3) is 0 Å². The number of benzene rings is 2. The molecule has 3 rings (SSSR count). The molecule has 1 saturated carbocycles. The van der Waals surface area contributed by atoms with Gasteiger partial charge in [0.2, 0.25) is 0 Å². The lowest BCUT2D eigenvalue weighted by Crippen LogP contribution is -1.97. The number of hydrogen-bond acceptors (Lipinski definition) is 1. The molecule has 0 N–H and O–H groups in total. The average Bonchev–Trinajstić information content (AvgIpc) is 3.02. The molecule has 0 heterocycles. The summed E-state index contributed by atoms with van der Waals surface area (Å²) in [6.07, 6.45) is 6.63. The Morgan fingerprint density at radius 3 is 1.81 bits per heavy atom. The van der Waals surface area contributed by atoms with Crippen LogP contribution in [0.2, 0.25) is 0 Å². The Morgan fingerprint density at radius 1 is 0.810 bits per heavy atom. The number of allylic oxidation sites excluding steroid dienone is 1. The van der Waals surface area contributed by atoms with Crippen molar-refractivity contribution in [1.29, 1.82) is 0 Å². The van der Waals surface area contributed by atoms with Crippen LogP contribution in [0.4, 0.5) is 0 Å². The Bertz CT molecular complexity index is 571. The summed E-state index contributed by atoms with van der Waals surface area (Å²) in [5, 5.41) is 0. The van der Waals surface area contributed by atoms with Crippen LogP contribution in [0.5, 0.6) is 0 Å². The van der Waals surface area contributed by atoms with Gasteiger partial charge in [-0.2, -0.15) is 0 Å². The van der Waals surface area contributed by atoms with E-state index in [0.717, 1.165) is 25.5 Å². The predicted molar refractivity (Wildman–Crippen MR) is 86.9 cm³/mol. The van der Waals surface area contributed by atoms with Gasteiger partial charge in [0.1, 0.15) is 6.29 Å². The van der Waals surface area contributed by atoms with Gasteiger partial charge >= 0.3 is 0 Å². The standard InChI is InChI=1S/C20H20O/c21-15-17-12-11-16(13-17)14-20(18-7-3-1-4-8-18)19-9-5-2-6-10-19/h1-10,14-17H,11-13H2/t16-,17+/m0/s1. The highest BCUT2D eigenvalue weighted by Crippen LogP contribution is 2.34. The van der Waals surface area contributed by atoms with E-state index in [9.17, 15) is 4.79 Å². The molecule has 1 heteroatoms. The van der Waals surface area contributed by atoms with Crippen LogP contribution in [-0.2, 0) is 4.79 Å². The minimum atomic E-state index is 0.249. The van der Waals surface area contributed by atoms with Crippen molar-refractivity contribution in [2.75, 3.05) is 0 Å². The zero-order valence-corrected chi connectivity index (χ0v) is 12.1. The Kier molecular flexibility index (Phi) is 4.30. The fourth-order valence-corrected chi connectivity index (χ4v) is 3.16. The van der Waals surface area contributed by atoms with Gasteiger partial charge in [-0.1, -0.05) is 66.7 Å². The summed E-state index contributed by atoms with van der Waals surface area (Å²) in [7, 11) is 0. The molecule has 2 atom stereocenters. The number of aldehydes is 1. The molecule has 0 unspecified atom stereocenters. The van der Waals surface area contributed by atoms with E-state index < -0.39 is 0 Å². The van der Waals surface area contributed by atoms with E-state index in [1.807, 2.05) is 12.1 Å². The molecule has 21 heavy (non-hydrogen) atoms. The number of rotatable bonds is 4. The molecule has 0 spiro atoms. The molecule has 0 amide bonds. The molecule has 0 aliphatic heterocycles. The number of carbonyl (C=O) groups is 1. The highest BCUT2D eigenvalue weighted by molar-refractivity contribution is 5.79. The second kappa shape index (κ2) is 6.53. The van der Waals surface area contributed by atoms with E-state index in [0.29, 0.717) is 5.92 Å². The molecule has 2 aromatic rings. The van der Waals surface area contributed by atoms with Crippen LogP contribution in [0.25, 0.3) is 5.57 Å². The maximum absolute atomic E-state index is 11.0. The van der Waals surface area contributed by atoms with Crippen LogP contribution in [0.1, 0.15) is 30.4 Å². The van der Waals surface area contributed by atoms with E-state index in [2.05, 4.69) is 54.6 Å². The molecule has 0 bridgehead atoms. The molecule has 1 aliphatic rings. The third-order valence-electron chi connectivity index (χ3n) is 4.28. The highest BCUT2D eigenvalue weighted by Gasteiger charge is 2.23. The van der Waals surface area contributed by atoms with Crippen molar-refractivity contribution >= 4 is 11.9 Å². The lowest BCUT2D eigenvalue weighted by atomic mass is 9.93. The third kappa shape index (κ3) is 3.30. The molecule has 1 fully saturated rings. The van der Waals surface area contributed by atoms with Crippen molar-refractivity contribution in [3.63, 3.8) is 0 Å². The summed E-state index contributed by atoms with van der Waals surface area (Å²) in [6, 6.07) is 21.0. The molecular weight excluding hydrogens is 256 g/mol. The molecule has 2 aromatic carbocycles. The van der Waals surface area contributed by atoms with E-state index in [-0.39, 0.29) is 5.92 Å². The van der Waals surface area contributed by atoms with Crippen molar-refractivity contribution < 1.29 is 4.79 Å². The van der Waals surface area contributed by atoms with Gasteiger partial charge in [-0.05, 0) is 41.9 Å². The summed E-state index contributed by atoms with van der Waals surface area (Å²) in [4.78, 5) is 11.0. The Morgan fingerprint density at radius 2 is 1.33 bits per heavy atom. The Hall–Kier alpha value is -2.15. The topological polar surface area (TPSA) is 17.1 Å². The first-order chi connectivity index (χ1) is 10.4. The van der Waals surface area contributed by atoms with Gasteiger partial charge in [0.05, 0.1) is 0 Å². The first kappa shape index (κ1) is 13.8. The first-order valence-corrected chi connectivity index (χ1v) is 7.65. The summed E-state index contributed by atoms with van der Waals surface area (Å²) in [6.45, 7) is 0. The molecule has 1 aliphatic carbocycles. The molecule has 0 aromatic heterocycles. The van der Waals surface area contributed by atoms with Crippen LogP contribution >= 0.6 is 0 Å². The molecular formula is C20H20O. The van der Waals surface area contributed by atoms with E-state index in [1.54, 1.807) is 0 Å². The van der Waals surface area contributed by atoms with Crippen LogP contribution in [0.15, 0.2) is 66.7 Å². The monoisotopic (exact) mass is 276 g/mol. The van der Waals surface area contributed by atoms with Crippen LogP contribution in [0, 0.1) is 11.8 Å². The minimum absolute atomic E-state index is 0.249. The second-order valence-electron chi connectivity index (χ2n) is 5.78. The zero-order chi connectivity index (χ0) is 14.5. The normalized spacial score (nSPS) is 21.0. The zero-order valence-electron chi connectivity index (χ0n) is 12.1. The summed E-state index contributed by atoms with van der Waals surface area (Å²) < 4.78 is 0. The van der Waals surface area contributed by atoms with Crippen molar-refractivity contribution in [2.24, 2.45) is 11.8 Å². The van der Waals surface area contributed by atoms with E-state index in [1.165, 1.54) is 16.7 Å². The van der Waals surface area contributed by atoms with Crippen molar-refractivity contribution in [3.05, 3.63) is 77.9 Å². The minimum Gasteiger partial charge on any atom is -0.303 e. The maximum atomic E-state index is 11.0. The number of carbonyl (C=O) groups excluding carboxylic acids is 1. The lowest BCUT2D eigenvalue weighted by Gasteiger charge is -2.12. The van der Waals surface area contributed by atoms with Crippen molar-refractivity contribution in [3.8, 4) is 0 Å². The van der Waals surface area contributed by atoms with Gasteiger partial charge in [-0.25, -0.2) is 0 Å². The molecule has 106 valence electrons. The maximum Gasteiger partial charge on any atom is 0.123 e. The van der Waals surface area contributed by atoms with E-state index >= 15 is 0 Å². The third-order valence-corrected chi connectivity index (χ3v) is 4.28. The highest BCUT2D eigenvalue weighted by atomic mass is 16.1. The van der Waals surface area contributed by atoms with Crippen molar-refractivity contribution in [1.82, 2.24) is 0 Å². The lowest BCUT2D eigenvalue weighted by molar-refractivity contribution is -0.110. The van der Waals surface area contributed by atoms with Gasteiger partial charge in [-0.3, -0.25) is 0 Å². The van der Waals surface area contributed by atoms with Crippen LogP contribution < -0.4 is 0 Å². The van der Waals surface area contributed by atoms with Gasteiger partial charge in [0, 0.05) is 5.92 Å². The van der Waals surface area contributed by atoms with Gasteiger partial charge < -0.3 is 4.79 Å². The largest absolute Gasteiger partial charge is 0.303 e. The molecule has 1 nitrogen and oxygen atoms in total. The van der Waals surface area contributed by atoms with Crippen molar-refractivity contribution in [2.45, 2.75) is 19.3 Å². The van der Waals surface area contributed by atoms with Gasteiger partial charge in [0.15, 0.2) is 0 Å². The quantitative estimate of drug-likeness (QED) is 0.738. The van der Waals surface area contributed by atoms with E-state index in [4.69, 9.17) is 0 Å². The summed E-state index contributed by atoms with van der Waals surface area (Å²) in [5.41, 5.74) is 3.78. The predicted octanol–water partition coefficient (Wildman–Crippen LogP) is 4.73. The Labute approximate surface area is 126 Å². The first-order valence-electron chi connectivity index (χ1n) is 7.65. The number of hydrogen-bond donors (Lipinski definition) is 0. The fraction of sp³-hybridized carbons (Fsp3) is 0.250. The summed E-state index contributed by atoms with van der Waals surface area (Å²) in [5.74, 6) is 0.759. The average molecular weight is 276 g/mol.